The molecule has 0 amide bonds. The van der Waals surface area contributed by atoms with Crippen molar-refractivity contribution in [3.8, 4) is 5.75 Å². The van der Waals surface area contributed by atoms with E-state index < -0.39 is 27.3 Å². The second-order valence-electron chi connectivity index (χ2n) is 4.26. The molecule has 2 aromatic rings. The minimum Gasteiger partial charge on any atom is -0.507 e. The van der Waals surface area contributed by atoms with Crippen molar-refractivity contribution in [2.75, 3.05) is 6.54 Å². The molecule has 0 radical (unpaired) electrons. The van der Waals surface area contributed by atoms with Gasteiger partial charge in [0.05, 0.1) is 4.90 Å². The van der Waals surface area contributed by atoms with Crippen LogP contribution in [0.3, 0.4) is 0 Å². The molecule has 112 valence electrons. The molecule has 0 aliphatic rings. The average molecular weight is 327 g/mol. The van der Waals surface area contributed by atoms with Gasteiger partial charge in [0.1, 0.15) is 11.3 Å². The van der Waals surface area contributed by atoms with Gasteiger partial charge in [0.25, 0.3) is 0 Å². The Balaban J connectivity index is 2.12. The van der Waals surface area contributed by atoms with Gasteiger partial charge in [0.15, 0.2) is 0 Å². The second-order valence-corrected chi connectivity index (χ2v) is 6.81. The Bertz CT molecular complexity index is 738. The number of sulfonamides is 1. The first kappa shape index (κ1) is 15.5. The fraction of sp³-hybridized carbons (Fsp3) is 0.154. The molecule has 1 aromatic heterocycles. The summed E-state index contributed by atoms with van der Waals surface area (Å²) in [6.07, 6.45) is 0.548. The summed E-state index contributed by atoms with van der Waals surface area (Å²) in [7, 11) is -3.81. The Morgan fingerprint density at radius 2 is 2.05 bits per heavy atom. The van der Waals surface area contributed by atoms with Crippen LogP contribution in [0.2, 0.25) is 0 Å². The first-order chi connectivity index (χ1) is 9.90. The van der Waals surface area contributed by atoms with E-state index in [1.54, 1.807) is 0 Å². The Labute approximate surface area is 125 Å². The van der Waals surface area contributed by atoms with Crippen molar-refractivity contribution in [1.82, 2.24) is 4.72 Å². The molecule has 6 nitrogen and oxygen atoms in total. The van der Waals surface area contributed by atoms with Crippen molar-refractivity contribution in [3.63, 3.8) is 0 Å². The smallest absolute Gasteiger partial charge is 0.339 e. The van der Waals surface area contributed by atoms with E-state index in [4.69, 9.17) is 5.11 Å². The summed E-state index contributed by atoms with van der Waals surface area (Å²) in [5.74, 6) is -1.86. The number of rotatable bonds is 6. The molecule has 21 heavy (non-hydrogen) atoms. The van der Waals surface area contributed by atoms with Gasteiger partial charge in [0, 0.05) is 6.54 Å². The molecule has 0 bridgehead atoms. The zero-order valence-electron chi connectivity index (χ0n) is 10.8. The van der Waals surface area contributed by atoms with Crippen molar-refractivity contribution in [2.45, 2.75) is 11.3 Å². The number of aromatic carboxylic acids is 1. The number of carboxylic acid groups (broad SMARTS) is 1. The summed E-state index contributed by atoms with van der Waals surface area (Å²) in [6.45, 7) is 0.211. The lowest BCUT2D eigenvalue weighted by atomic mass is 10.2. The molecule has 0 spiro atoms. The summed E-state index contributed by atoms with van der Waals surface area (Å²) in [6, 6.07) is 5.05. The van der Waals surface area contributed by atoms with Gasteiger partial charge in [-0.1, -0.05) is 0 Å². The Kier molecular flexibility index (Phi) is 4.61. The minimum absolute atomic E-state index is 0.192. The molecule has 1 aromatic carbocycles. The third-order valence-corrected chi connectivity index (χ3v) is 4.99. The van der Waals surface area contributed by atoms with Gasteiger partial charge in [-0.3, -0.25) is 0 Å². The topological polar surface area (TPSA) is 104 Å². The Hall–Kier alpha value is -1.90. The van der Waals surface area contributed by atoms with Crippen molar-refractivity contribution in [2.24, 2.45) is 0 Å². The van der Waals surface area contributed by atoms with Crippen LogP contribution in [0.1, 0.15) is 15.9 Å². The van der Waals surface area contributed by atoms with Crippen LogP contribution >= 0.6 is 11.3 Å². The molecule has 0 unspecified atom stereocenters. The SMILES string of the molecule is O=C(O)c1cc(S(=O)(=O)NCCc2ccsc2)ccc1O. The number of carboxylic acids is 1. The first-order valence-electron chi connectivity index (χ1n) is 5.97. The molecule has 0 saturated heterocycles. The van der Waals surface area contributed by atoms with Gasteiger partial charge in [-0.15, -0.1) is 0 Å². The van der Waals surface area contributed by atoms with Crippen LogP contribution in [0.15, 0.2) is 39.9 Å². The van der Waals surface area contributed by atoms with Gasteiger partial charge in [-0.25, -0.2) is 17.9 Å². The maximum absolute atomic E-state index is 12.1. The molecule has 3 N–H and O–H groups in total. The van der Waals surface area contributed by atoms with Crippen LogP contribution in [-0.4, -0.2) is 31.1 Å². The van der Waals surface area contributed by atoms with E-state index in [1.165, 1.54) is 11.3 Å². The lowest BCUT2D eigenvalue weighted by Gasteiger charge is -2.08. The van der Waals surface area contributed by atoms with E-state index in [-0.39, 0.29) is 11.4 Å². The van der Waals surface area contributed by atoms with Crippen molar-refractivity contribution in [3.05, 3.63) is 46.2 Å². The third kappa shape index (κ3) is 3.81. The quantitative estimate of drug-likeness (QED) is 0.749. The highest BCUT2D eigenvalue weighted by atomic mass is 32.2. The summed E-state index contributed by atoms with van der Waals surface area (Å²) in [5, 5.41) is 22.1. The number of carbonyl (C=O) groups is 1. The van der Waals surface area contributed by atoms with Crippen molar-refractivity contribution in [1.29, 1.82) is 0 Å². The number of benzene rings is 1. The lowest BCUT2D eigenvalue weighted by molar-refractivity contribution is 0.0693. The third-order valence-electron chi connectivity index (χ3n) is 2.79. The maximum Gasteiger partial charge on any atom is 0.339 e. The fourth-order valence-electron chi connectivity index (χ4n) is 1.70. The molecule has 0 aliphatic heterocycles. The molecule has 0 saturated carbocycles. The van der Waals surface area contributed by atoms with Crippen molar-refractivity contribution < 1.29 is 23.4 Å². The van der Waals surface area contributed by atoms with E-state index in [0.29, 0.717) is 6.42 Å². The highest BCUT2D eigenvalue weighted by Gasteiger charge is 2.18. The normalized spacial score (nSPS) is 11.4. The van der Waals surface area contributed by atoms with E-state index in [9.17, 15) is 18.3 Å². The largest absolute Gasteiger partial charge is 0.507 e. The van der Waals surface area contributed by atoms with E-state index in [1.807, 2.05) is 16.8 Å². The van der Waals surface area contributed by atoms with Crippen LogP contribution in [0, 0.1) is 0 Å². The van der Waals surface area contributed by atoms with Crippen molar-refractivity contribution >= 4 is 27.3 Å². The number of phenols is 1. The molecule has 0 atom stereocenters. The molecule has 0 aliphatic carbocycles. The fourth-order valence-corrected chi connectivity index (χ4v) is 3.46. The van der Waals surface area contributed by atoms with E-state index in [2.05, 4.69) is 4.72 Å². The van der Waals surface area contributed by atoms with Crippen LogP contribution in [-0.2, 0) is 16.4 Å². The highest BCUT2D eigenvalue weighted by molar-refractivity contribution is 7.89. The lowest BCUT2D eigenvalue weighted by Crippen LogP contribution is -2.26. The van der Waals surface area contributed by atoms with E-state index >= 15 is 0 Å². The second kappa shape index (κ2) is 6.25. The zero-order chi connectivity index (χ0) is 15.5. The summed E-state index contributed by atoms with van der Waals surface area (Å²) >= 11 is 1.53. The predicted octanol–water partition coefficient (Wildman–Crippen LogP) is 1.67. The number of nitrogens with one attached hydrogen (secondary N) is 1. The number of hydrogen-bond donors (Lipinski definition) is 3. The molecule has 1 heterocycles. The van der Waals surface area contributed by atoms with Gasteiger partial charge < -0.3 is 10.2 Å². The maximum atomic E-state index is 12.1. The predicted molar refractivity (Wildman–Crippen MR) is 78.3 cm³/mol. The summed E-state index contributed by atoms with van der Waals surface area (Å²) < 4.78 is 26.5. The van der Waals surface area contributed by atoms with E-state index in [0.717, 1.165) is 23.8 Å². The molecular formula is C13H13NO5S2. The Morgan fingerprint density at radius 1 is 1.29 bits per heavy atom. The number of thiophene rings is 1. The first-order valence-corrected chi connectivity index (χ1v) is 8.40. The molecule has 2 rings (SSSR count). The molecule has 8 heteroatoms. The zero-order valence-corrected chi connectivity index (χ0v) is 12.4. The summed E-state index contributed by atoms with van der Waals surface area (Å²) in [4.78, 5) is 10.7. The average Bonchev–Trinajstić information content (AvgIpc) is 2.91. The van der Waals surface area contributed by atoms with Crippen LogP contribution in [0.4, 0.5) is 0 Å². The van der Waals surface area contributed by atoms with Gasteiger partial charge in [0.2, 0.25) is 10.0 Å². The monoisotopic (exact) mass is 327 g/mol. The van der Waals surface area contributed by atoms with Gasteiger partial charge in [-0.2, -0.15) is 11.3 Å². The van der Waals surface area contributed by atoms with Gasteiger partial charge >= 0.3 is 5.97 Å². The standard InChI is InChI=1S/C13H13NO5S2/c15-12-2-1-10(7-11(12)13(16)17)21(18,19)14-5-3-9-4-6-20-8-9/h1-2,4,6-8,14-15H,3,5H2,(H,16,17). The van der Waals surface area contributed by atoms with Crippen LogP contribution in [0.5, 0.6) is 5.75 Å². The molecule has 0 fully saturated rings. The minimum atomic E-state index is -3.81. The van der Waals surface area contributed by atoms with Crippen LogP contribution < -0.4 is 4.72 Å². The number of hydrogen-bond acceptors (Lipinski definition) is 5. The Morgan fingerprint density at radius 3 is 2.67 bits per heavy atom. The molecular weight excluding hydrogens is 314 g/mol. The number of aromatic hydroxyl groups is 1. The van der Waals surface area contributed by atoms with Gasteiger partial charge in [-0.05, 0) is 47.0 Å². The highest BCUT2D eigenvalue weighted by Crippen LogP contribution is 2.21. The van der Waals surface area contributed by atoms with Crippen LogP contribution in [0.25, 0.3) is 0 Å². The summed E-state index contributed by atoms with van der Waals surface area (Å²) in [5.41, 5.74) is 0.579.